The van der Waals surface area contributed by atoms with E-state index < -0.39 is 0 Å². The van der Waals surface area contributed by atoms with Gasteiger partial charge in [-0.1, -0.05) is 90.1 Å². The SMILES string of the molecule is CC(C)(C)c1ccc2c(cc(C(C)(C)C)n3c4cc5c(cc4nc23)C2c3ccccc3C23c2ccccc2C53)n1. The number of fused-ring (bicyclic) bond motifs is 12. The van der Waals surface area contributed by atoms with E-state index in [1.165, 1.54) is 44.6 Å². The smallest absolute Gasteiger partial charge is 0.147 e. The van der Waals surface area contributed by atoms with Crippen molar-refractivity contribution in [3.63, 3.8) is 0 Å². The highest BCUT2D eigenvalue weighted by Crippen LogP contribution is 2.77. The van der Waals surface area contributed by atoms with Gasteiger partial charge in [-0.3, -0.25) is 9.38 Å². The summed E-state index contributed by atoms with van der Waals surface area (Å²) in [5.41, 5.74) is 15.7. The van der Waals surface area contributed by atoms with Gasteiger partial charge in [-0.25, -0.2) is 4.98 Å². The Morgan fingerprint density at radius 3 is 1.88 bits per heavy atom. The van der Waals surface area contributed by atoms with Gasteiger partial charge in [0.05, 0.1) is 16.6 Å². The van der Waals surface area contributed by atoms with Crippen molar-refractivity contribution in [3.05, 3.63) is 124 Å². The number of benzene rings is 3. The van der Waals surface area contributed by atoms with Crippen molar-refractivity contribution in [3.8, 4) is 0 Å². The third-order valence-electron chi connectivity index (χ3n) is 10.0. The molecule has 3 heterocycles. The van der Waals surface area contributed by atoms with E-state index in [2.05, 4.69) is 125 Å². The lowest BCUT2D eigenvalue weighted by Crippen LogP contribution is -2.52. The Balaban J connectivity index is 1.37. The van der Waals surface area contributed by atoms with Gasteiger partial charge in [0.25, 0.3) is 0 Å². The molecule has 0 N–H and O–H groups in total. The number of aromatic nitrogens is 3. The van der Waals surface area contributed by atoms with Crippen LogP contribution in [-0.2, 0) is 16.2 Å². The molecule has 3 heteroatoms. The van der Waals surface area contributed by atoms with E-state index in [1.54, 1.807) is 0 Å². The van der Waals surface area contributed by atoms with E-state index in [9.17, 15) is 0 Å². The maximum Gasteiger partial charge on any atom is 0.147 e. The number of hydrogen-bond acceptors (Lipinski definition) is 2. The average Bonchev–Trinajstić information content (AvgIpc) is 3.36. The fourth-order valence-electron chi connectivity index (χ4n) is 8.36. The van der Waals surface area contributed by atoms with Crippen LogP contribution < -0.4 is 0 Å². The standard InChI is InChI=1S/C37H33N3/c1-35(2,3)30-16-15-22-27(38-30)19-31(36(4,5)6)40-29-18-24-23(17-28(29)39-34(22)40)32-20-11-7-9-13-25(20)37(32)26-14-10-8-12-21(26)33(24)37/h7-19,32-33H,1-6H3. The molecule has 196 valence electrons. The van der Waals surface area contributed by atoms with Crippen LogP contribution >= 0.6 is 0 Å². The molecular formula is C37H33N3. The van der Waals surface area contributed by atoms with E-state index >= 15 is 0 Å². The Morgan fingerprint density at radius 2 is 1.25 bits per heavy atom. The van der Waals surface area contributed by atoms with E-state index in [-0.39, 0.29) is 16.2 Å². The lowest BCUT2D eigenvalue weighted by Gasteiger charge is -2.58. The van der Waals surface area contributed by atoms with E-state index in [0.717, 1.165) is 27.8 Å². The zero-order valence-electron chi connectivity index (χ0n) is 24.0. The molecule has 40 heavy (non-hydrogen) atoms. The molecule has 3 atom stereocenters. The largest absolute Gasteiger partial charge is 0.295 e. The molecule has 3 aromatic heterocycles. The molecule has 3 nitrogen and oxygen atoms in total. The first-order valence-corrected chi connectivity index (χ1v) is 14.6. The van der Waals surface area contributed by atoms with Gasteiger partial charge in [-0.15, -0.1) is 0 Å². The van der Waals surface area contributed by atoms with Crippen molar-refractivity contribution in [2.45, 2.75) is 69.6 Å². The molecule has 0 fully saturated rings. The van der Waals surface area contributed by atoms with Crippen molar-refractivity contribution in [1.29, 1.82) is 0 Å². The highest BCUT2D eigenvalue weighted by Gasteiger charge is 2.69. The lowest BCUT2D eigenvalue weighted by molar-refractivity contribution is 0.333. The summed E-state index contributed by atoms with van der Waals surface area (Å²) in [6.45, 7) is 13.6. The molecule has 3 aliphatic rings. The van der Waals surface area contributed by atoms with Crippen LogP contribution in [0.2, 0.25) is 0 Å². The van der Waals surface area contributed by atoms with Crippen LogP contribution in [0.4, 0.5) is 0 Å². The van der Waals surface area contributed by atoms with E-state index in [4.69, 9.17) is 9.97 Å². The summed E-state index contributed by atoms with van der Waals surface area (Å²) >= 11 is 0. The Morgan fingerprint density at radius 1 is 0.625 bits per heavy atom. The van der Waals surface area contributed by atoms with Gasteiger partial charge in [-0.2, -0.15) is 0 Å². The molecule has 0 amide bonds. The molecule has 6 aromatic rings. The first kappa shape index (κ1) is 22.8. The Labute approximate surface area is 234 Å². The fraction of sp³-hybridized carbons (Fsp3) is 0.297. The minimum atomic E-state index is -0.0714. The monoisotopic (exact) mass is 519 g/mol. The number of nitrogens with zero attached hydrogens (tertiary/aromatic N) is 3. The van der Waals surface area contributed by atoms with Gasteiger partial charge in [0.15, 0.2) is 0 Å². The van der Waals surface area contributed by atoms with Gasteiger partial charge < -0.3 is 0 Å². The van der Waals surface area contributed by atoms with Gasteiger partial charge in [0, 0.05) is 44.9 Å². The topological polar surface area (TPSA) is 30.2 Å². The summed E-state index contributed by atoms with van der Waals surface area (Å²) in [5.74, 6) is 0.811. The van der Waals surface area contributed by atoms with Crippen molar-refractivity contribution in [1.82, 2.24) is 14.4 Å². The zero-order valence-corrected chi connectivity index (χ0v) is 24.0. The van der Waals surface area contributed by atoms with Crippen LogP contribution in [0.5, 0.6) is 0 Å². The van der Waals surface area contributed by atoms with Gasteiger partial charge in [0.1, 0.15) is 5.65 Å². The van der Waals surface area contributed by atoms with Crippen LogP contribution in [0.15, 0.2) is 78.9 Å². The van der Waals surface area contributed by atoms with E-state index in [0.29, 0.717) is 11.8 Å². The number of rotatable bonds is 0. The van der Waals surface area contributed by atoms with Crippen molar-refractivity contribution >= 4 is 27.6 Å². The van der Waals surface area contributed by atoms with Gasteiger partial charge in [-0.05, 0) is 63.7 Å². The van der Waals surface area contributed by atoms with Crippen LogP contribution in [0.1, 0.15) is 98.1 Å². The van der Waals surface area contributed by atoms with Crippen molar-refractivity contribution < 1.29 is 0 Å². The third kappa shape index (κ3) is 2.45. The fourth-order valence-corrected chi connectivity index (χ4v) is 8.36. The first-order valence-electron chi connectivity index (χ1n) is 14.6. The number of hydrogen-bond donors (Lipinski definition) is 0. The van der Waals surface area contributed by atoms with Crippen LogP contribution in [0.3, 0.4) is 0 Å². The molecule has 0 aliphatic heterocycles. The highest BCUT2D eigenvalue weighted by molar-refractivity contribution is 5.98. The maximum atomic E-state index is 5.37. The zero-order chi connectivity index (χ0) is 27.3. The minimum absolute atomic E-state index is 0.00617. The average molecular weight is 520 g/mol. The maximum absolute atomic E-state index is 5.37. The normalized spacial score (nSPS) is 22.4. The third-order valence-corrected chi connectivity index (χ3v) is 10.0. The molecular weight excluding hydrogens is 486 g/mol. The summed E-state index contributed by atoms with van der Waals surface area (Å²) in [4.78, 5) is 10.5. The number of pyridine rings is 2. The Hall–Kier alpha value is -3.98. The molecule has 9 rings (SSSR count). The Bertz CT molecular complexity index is 2100. The second-order valence-electron chi connectivity index (χ2n) is 14.3. The van der Waals surface area contributed by atoms with Gasteiger partial charge in [0.2, 0.25) is 0 Å². The predicted octanol–water partition coefficient (Wildman–Crippen LogP) is 8.52. The molecule has 0 saturated heterocycles. The minimum Gasteiger partial charge on any atom is -0.295 e. The molecule has 0 bridgehead atoms. The summed E-state index contributed by atoms with van der Waals surface area (Å²) in [6.07, 6.45) is 0. The second kappa shape index (κ2) is 6.83. The Kier molecular flexibility index (Phi) is 3.89. The molecule has 0 radical (unpaired) electrons. The van der Waals surface area contributed by atoms with Crippen LogP contribution in [-0.4, -0.2) is 14.4 Å². The first-order chi connectivity index (χ1) is 19.1. The molecule has 1 spiro atoms. The molecule has 3 aromatic carbocycles. The van der Waals surface area contributed by atoms with Crippen LogP contribution in [0.25, 0.3) is 27.6 Å². The quantitative estimate of drug-likeness (QED) is 0.201. The summed E-state index contributed by atoms with van der Waals surface area (Å²) in [7, 11) is 0. The van der Waals surface area contributed by atoms with Gasteiger partial charge >= 0.3 is 0 Å². The lowest BCUT2D eigenvalue weighted by atomic mass is 9.43. The molecule has 3 aliphatic carbocycles. The second-order valence-corrected chi connectivity index (χ2v) is 14.3. The summed E-state index contributed by atoms with van der Waals surface area (Å²) in [5, 5.41) is 1.12. The van der Waals surface area contributed by atoms with Crippen LogP contribution in [0, 0.1) is 0 Å². The summed E-state index contributed by atoms with van der Waals surface area (Å²) < 4.78 is 2.43. The molecule has 0 saturated carbocycles. The summed E-state index contributed by atoms with van der Waals surface area (Å²) in [6, 6.07) is 29.9. The highest BCUT2D eigenvalue weighted by atomic mass is 15.0. The molecule has 3 unspecified atom stereocenters. The van der Waals surface area contributed by atoms with Crippen molar-refractivity contribution in [2.75, 3.05) is 0 Å². The van der Waals surface area contributed by atoms with Crippen molar-refractivity contribution in [2.24, 2.45) is 0 Å². The number of imidazole rings is 1. The van der Waals surface area contributed by atoms with E-state index in [1.807, 2.05) is 0 Å². The predicted molar refractivity (Wildman–Crippen MR) is 163 cm³/mol.